The van der Waals surface area contributed by atoms with Crippen molar-refractivity contribution in [3.8, 4) is 0 Å². The smallest absolute Gasteiger partial charge is 0.163 e. The fourth-order valence-electron chi connectivity index (χ4n) is 2.36. The minimum Gasteiger partial charge on any atom is -0.395 e. The molecule has 1 atom stereocenters. The number of halogens is 2. The molecule has 0 aliphatic carbocycles. The maximum absolute atomic E-state index is 14.0. The molecule has 1 aromatic rings. The van der Waals surface area contributed by atoms with E-state index in [0.717, 1.165) is 32.1 Å². The molecule has 120 valence electrons. The van der Waals surface area contributed by atoms with E-state index in [1.807, 2.05) is 13.8 Å². The Morgan fingerprint density at radius 2 is 2.00 bits per heavy atom. The molecular formula is C16H26F2N2O. The summed E-state index contributed by atoms with van der Waals surface area (Å²) in [7, 11) is 0. The minimum absolute atomic E-state index is 0.106. The summed E-state index contributed by atoms with van der Waals surface area (Å²) in [5, 5.41) is 12.3. The molecule has 1 rings (SSSR count). The van der Waals surface area contributed by atoms with E-state index in [9.17, 15) is 8.78 Å². The first-order valence-corrected chi connectivity index (χ1v) is 7.64. The van der Waals surface area contributed by atoms with Crippen molar-refractivity contribution in [3.63, 3.8) is 0 Å². The first-order chi connectivity index (χ1) is 10.1. The van der Waals surface area contributed by atoms with Gasteiger partial charge in [-0.25, -0.2) is 8.78 Å². The van der Waals surface area contributed by atoms with Gasteiger partial charge in [0.15, 0.2) is 11.6 Å². The van der Waals surface area contributed by atoms with Crippen molar-refractivity contribution in [2.24, 2.45) is 0 Å². The Morgan fingerprint density at radius 1 is 1.24 bits per heavy atom. The number of benzene rings is 1. The molecule has 0 radical (unpaired) electrons. The van der Waals surface area contributed by atoms with Crippen LogP contribution in [0.5, 0.6) is 0 Å². The second-order valence-corrected chi connectivity index (χ2v) is 5.10. The van der Waals surface area contributed by atoms with Crippen molar-refractivity contribution < 1.29 is 13.9 Å². The highest BCUT2D eigenvalue weighted by atomic mass is 19.2. The van der Waals surface area contributed by atoms with Crippen molar-refractivity contribution in [2.75, 3.05) is 32.8 Å². The molecule has 0 bridgehead atoms. The zero-order chi connectivity index (χ0) is 15.7. The molecule has 0 aliphatic heterocycles. The van der Waals surface area contributed by atoms with Crippen LogP contribution in [0.1, 0.15) is 38.3 Å². The van der Waals surface area contributed by atoms with Gasteiger partial charge in [0.1, 0.15) is 0 Å². The third-order valence-corrected chi connectivity index (χ3v) is 3.60. The molecule has 0 fully saturated rings. The Bertz CT molecular complexity index is 415. The van der Waals surface area contributed by atoms with Crippen LogP contribution in [0.25, 0.3) is 0 Å². The van der Waals surface area contributed by atoms with Crippen LogP contribution in [-0.4, -0.2) is 42.8 Å². The summed E-state index contributed by atoms with van der Waals surface area (Å²) in [6.45, 7) is 7.08. The molecule has 1 unspecified atom stereocenters. The zero-order valence-corrected chi connectivity index (χ0v) is 12.9. The summed E-state index contributed by atoms with van der Waals surface area (Å²) in [6, 6.07) is 4.10. The molecule has 2 N–H and O–H groups in total. The first kappa shape index (κ1) is 18.0. The topological polar surface area (TPSA) is 35.5 Å². The van der Waals surface area contributed by atoms with Gasteiger partial charge in [-0.15, -0.1) is 0 Å². The first-order valence-electron chi connectivity index (χ1n) is 7.64. The lowest BCUT2D eigenvalue weighted by atomic mass is 10.0. The molecule has 3 nitrogen and oxygen atoms in total. The number of likely N-dealkylation sites (N-methyl/N-ethyl adjacent to an activating group) is 1. The number of aliphatic hydroxyl groups is 1. The van der Waals surface area contributed by atoms with Gasteiger partial charge in [0.2, 0.25) is 0 Å². The van der Waals surface area contributed by atoms with Gasteiger partial charge in [-0.2, -0.15) is 0 Å². The van der Waals surface area contributed by atoms with Crippen LogP contribution in [0.2, 0.25) is 0 Å². The normalized spacial score (nSPS) is 12.9. The van der Waals surface area contributed by atoms with Gasteiger partial charge in [0.25, 0.3) is 0 Å². The van der Waals surface area contributed by atoms with Gasteiger partial charge in [-0.05, 0) is 32.0 Å². The maximum atomic E-state index is 14.0. The van der Waals surface area contributed by atoms with E-state index in [1.165, 1.54) is 0 Å². The van der Waals surface area contributed by atoms with Crippen LogP contribution < -0.4 is 5.32 Å². The van der Waals surface area contributed by atoms with Crippen molar-refractivity contribution in [2.45, 2.75) is 32.7 Å². The number of hydrogen-bond donors (Lipinski definition) is 2. The van der Waals surface area contributed by atoms with Crippen LogP contribution in [0, 0.1) is 11.6 Å². The minimum atomic E-state index is -0.807. The fourth-order valence-corrected chi connectivity index (χ4v) is 2.36. The molecule has 0 spiro atoms. The third kappa shape index (κ3) is 5.69. The molecule has 0 saturated carbocycles. The predicted molar refractivity (Wildman–Crippen MR) is 81.2 cm³/mol. The average molecular weight is 300 g/mol. The van der Waals surface area contributed by atoms with Crippen LogP contribution >= 0.6 is 0 Å². The fraction of sp³-hybridized carbons (Fsp3) is 0.625. The van der Waals surface area contributed by atoms with Crippen molar-refractivity contribution in [1.29, 1.82) is 0 Å². The Kier molecular flexibility index (Phi) is 8.42. The summed E-state index contributed by atoms with van der Waals surface area (Å²) in [5.74, 6) is -1.57. The highest BCUT2D eigenvalue weighted by Gasteiger charge is 2.18. The largest absolute Gasteiger partial charge is 0.395 e. The number of rotatable bonds is 10. The Labute approximate surface area is 126 Å². The van der Waals surface area contributed by atoms with Crippen LogP contribution in [0.3, 0.4) is 0 Å². The lowest BCUT2D eigenvalue weighted by Gasteiger charge is -2.24. The second kappa shape index (κ2) is 9.82. The molecule has 0 aromatic heterocycles. The molecule has 1 aromatic carbocycles. The van der Waals surface area contributed by atoms with Crippen LogP contribution in [0.4, 0.5) is 8.78 Å². The van der Waals surface area contributed by atoms with Crippen LogP contribution in [-0.2, 0) is 0 Å². The van der Waals surface area contributed by atoms with Gasteiger partial charge < -0.3 is 15.3 Å². The molecular weight excluding hydrogens is 274 g/mol. The van der Waals surface area contributed by atoms with E-state index in [-0.39, 0.29) is 12.6 Å². The van der Waals surface area contributed by atoms with E-state index in [4.69, 9.17) is 5.11 Å². The Hall–Kier alpha value is -1.04. The maximum Gasteiger partial charge on any atom is 0.163 e. The Balaban J connectivity index is 2.77. The second-order valence-electron chi connectivity index (χ2n) is 5.10. The summed E-state index contributed by atoms with van der Waals surface area (Å²) in [6.07, 6.45) is 1.61. The van der Waals surface area contributed by atoms with Gasteiger partial charge in [0.05, 0.1) is 6.61 Å². The summed E-state index contributed by atoms with van der Waals surface area (Å²) in [5.41, 5.74) is 0.378. The van der Waals surface area contributed by atoms with E-state index in [2.05, 4.69) is 10.2 Å². The lowest BCUT2D eigenvalue weighted by molar-refractivity contribution is 0.195. The predicted octanol–water partition coefficient (Wildman–Crippen LogP) is 2.71. The quantitative estimate of drug-likeness (QED) is 0.697. The average Bonchev–Trinajstić information content (AvgIpc) is 2.49. The molecule has 0 heterocycles. The Morgan fingerprint density at radius 3 is 2.62 bits per heavy atom. The van der Waals surface area contributed by atoms with E-state index in [1.54, 1.807) is 12.1 Å². The number of aliphatic hydroxyl groups excluding tert-OH is 1. The standard InChI is InChI=1S/C16H26F2N2O/c1-3-9-19-15(8-10-20(4-2)11-12-21)13-6-5-7-14(17)16(13)18/h5-7,15,19,21H,3-4,8-12H2,1-2H3. The van der Waals surface area contributed by atoms with Crippen molar-refractivity contribution >= 4 is 0 Å². The van der Waals surface area contributed by atoms with Gasteiger partial charge in [0, 0.05) is 24.7 Å². The van der Waals surface area contributed by atoms with E-state index >= 15 is 0 Å². The SMILES string of the molecule is CCCNC(CCN(CC)CCO)c1cccc(F)c1F. The number of nitrogens with one attached hydrogen (secondary N) is 1. The number of hydrogen-bond acceptors (Lipinski definition) is 3. The highest BCUT2D eigenvalue weighted by Crippen LogP contribution is 2.22. The van der Waals surface area contributed by atoms with Gasteiger partial charge >= 0.3 is 0 Å². The molecule has 21 heavy (non-hydrogen) atoms. The van der Waals surface area contributed by atoms with E-state index < -0.39 is 11.6 Å². The lowest BCUT2D eigenvalue weighted by Crippen LogP contribution is -2.32. The van der Waals surface area contributed by atoms with Crippen molar-refractivity contribution in [3.05, 3.63) is 35.4 Å². The van der Waals surface area contributed by atoms with Crippen molar-refractivity contribution in [1.82, 2.24) is 10.2 Å². The van der Waals surface area contributed by atoms with Gasteiger partial charge in [-0.3, -0.25) is 0 Å². The van der Waals surface area contributed by atoms with Gasteiger partial charge in [-0.1, -0.05) is 26.0 Å². The zero-order valence-electron chi connectivity index (χ0n) is 12.9. The summed E-state index contributed by atoms with van der Waals surface area (Å²) >= 11 is 0. The molecule has 0 saturated heterocycles. The summed E-state index contributed by atoms with van der Waals surface area (Å²) in [4.78, 5) is 2.10. The number of nitrogens with zero attached hydrogens (tertiary/aromatic N) is 1. The summed E-state index contributed by atoms with van der Waals surface area (Å²) < 4.78 is 27.4. The van der Waals surface area contributed by atoms with E-state index in [0.29, 0.717) is 18.5 Å². The monoisotopic (exact) mass is 300 g/mol. The molecule has 0 amide bonds. The molecule has 0 aliphatic rings. The van der Waals surface area contributed by atoms with Crippen LogP contribution in [0.15, 0.2) is 18.2 Å². The third-order valence-electron chi connectivity index (χ3n) is 3.60. The molecule has 5 heteroatoms. The highest BCUT2D eigenvalue weighted by molar-refractivity contribution is 5.22.